The zero-order valence-corrected chi connectivity index (χ0v) is 12.6. The van der Waals surface area contributed by atoms with Crippen LogP contribution in [-0.2, 0) is 4.74 Å². The Bertz CT molecular complexity index is 581. The molecule has 2 unspecified atom stereocenters. The van der Waals surface area contributed by atoms with Crippen LogP contribution in [0.2, 0.25) is 0 Å². The van der Waals surface area contributed by atoms with Gasteiger partial charge in [-0.1, -0.05) is 18.2 Å². The number of para-hydroxylation sites is 1. The Labute approximate surface area is 121 Å². The molecule has 2 aliphatic heterocycles. The monoisotopic (exact) mass is 269 g/mol. The van der Waals surface area contributed by atoms with E-state index < -0.39 is 0 Å². The summed E-state index contributed by atoms with van der Waals surface area (Å²) in [6, 6.07) is 8.81. The molecule has 0 bridgehead atoms. The molecule has 1 saturated heterocycles. The summed E-state index contributed by atoms with van der Waals surface area (Å²) in [4.78, 5) is 2.59. The van der Waals surface area contributed by atoms with Gasteiger partial charge in [0.1, 0.15) is 12.2 Å². The largest absolute Gasteiger partial charge is 0.360 e. The fraction of sp³-hybridized carbons (Fsp3) is 0.556. The molecule has 2 heteroatoms. The molecule has 0 aromatic heterocycles. The zero-order chi connectivity index (χ0) is 13.9. The molecule has 0 amide bonds. The topological polar surface area (TPSA) is 15.8 Å². The summed E-state index contributed by atoms with van der Waals surface area (Å²) in [7, 11) is 0. The van der Waals surface area contributed by atoms with Crippen molar-refractivity contribution in [3.8, 4) is 0 Å². The van der Waals surface area contributed by atoms with E-state index in [1.165, 1.54) is 36.9 Å². The van der Waals surface area contributed by atoms with E-state index >= 15 is 0 Å². The van der Waals surface area contributed by atoms with Gasteiger partial charge in [0.25, 0.3) is 0 Å². The molecule has 20 heavy (non-hydrogen) atoms. The van der Waals surface area contributed by atoms with Crippen molar-refractivity contribution >= 4 is 5.69 Å². The Morgan fingerprint density at radius 1 is 1.05 bits per heavy atom. The van der Waals surface area contributed by atoms with Crippen LogP contribution >= 0.6 is 0 Å². The van der Waals surface area contributed by atoms with Gasteiger partial charge in [-0.05, 0) is 58.1 Å². The normalized spacial score (nSPS) is 28.4. The van der Waals surface area contributed by atoms with Crippen LogP contribution < -0.4 is 4.90 Å². The third kappa shape index (κ3) is 1.74. The Balaban J connectivity index is 1.94. The molecular weight excluding hydrogens is 246 g/mol. The maximum Gasteiger partial charge on any atom is 0.116 e. The number of epoxide rings is 1. The molecule has 0 N–H and O–H groups in total. The van der Waals surface area contributed by atoms with Crippen LogP contribution in [0.3, 0.4) is 0 Å². The number of allylic oxidation sites excluding steroid dienone is 1. The second-order valence-electron chi connectivity index (χ2n) is 7.22. The van der Waals surface area contributed by atoms with Gasteiger partial charge in [-0.25, -0.2) is 0 Å². The smallest absolute Gasteiger partial charge is 0.116 e. The van der Waals surface area contributed by atoms with Crippen molar-refractivity contribution in [3.05, 3.63) is 41.1 Å². The van der Waals surface area contributed by atoms with Crippen molar-refractivity contribution in [1.82, 2.24) is 0 Å². The van der Waals surface area contributed by atoms with E-state index in [1.807, 2.05) is 0 Å². The first kappa shape index (κ1) is 12.5. The van der Waals surface area contributed by atoms with E-state index in [0.29, 0.717) is 12.2 Å². The van der Waals surface area contributed by atoms with E-state index in [4.69, 9.17) is 4.74 Å². The highest BCUT2D eigenvalue weighted by Crippen LogP contribution is 2.54. The standard InChI is InChI=1S/C18H23NO/c1-18(2,3)19-14-10-6-4-8-12(14)16-17(20-16)13-9-5-7-11-15(13)19/h4,6,8,10,16-17H,5,7,9,11H2,1-3H3. The van der Waals surface area contributed by atoms with Gasteiger partial charge in [-0.3, -0.25) is 0 Å². The molecule has 1 aliphatic carbocycles. The van der Waals surface area contributed by atoms with Gasteiger partial charge in [-0.2, -0.15) is 0 Å². The van der Waals surface area contributed by atoms with Gasteiger partial charge < -0.3 is 9.64 Å². The quantitative estimate of drug-likeness (QED) is 0.641. The molecule has 2 heterocycles. The Morgan fingerprint density at radius 3 is 2.60 bits per heavy atom. The minimum absolute atomic E-state index is 0.116. The summed E-state index contributed by atoms with van der Waals surface area (Å²) in [6.07, 6.45) is 5.72. The average molecular weight is 269 g/mol. The lowest BCUT2D eigenvalue weighted by Gasteiger charge is -2.42. The van der Waals surface area contributed by atoms with Crippen LogP contribution in [0.25, 0.3) is 0 Å². The highest BCUT2D eigenvalue weighted by molar-refractivity contribution is 5.65. The molecule has 2 nitrogen and oxygen atoms in total. The van der Waals surface area contributed by atoms with Crippen molar-refractivity contribution in [3.63, 3.8) is 0 Å². The second-order valence-corrected chi connectivity index (χ2v) is 7.22. The SMILES string of the molecule is CC(C)(C)N1C2=C(CCCC2)C2OC2c2ccccc21. The number of rotatable bonds is 0. The predicted molar refractivity (Wildman–Crippen MR) is 81.8 cm³/mol. The molecular formula is C18H23NO. The minimum Gasteiger partial charge on any atom is -0.360 e. The lowest BCUT2D eigenvalue weighted by Crippen LogP contribution is -2.42. The third-order valence-electron chi connectivity index (χ3n) is 4.74. The van der Waals surface area contributed by atoms with Crippen molar-refractivity contribution in [2.75, 3.05) is 4.90 Å². The Morgan fingerprint density at radius 2 is 1.80 bits per heavy atom. The molecule has 3 aliphatic rings. The molecule has 4 rings (SSSR count). The first-order valence-electron chi connectivity index (χ1n) is 7.84. The van der Waals surface area contributed by atoms with Crippen LogP contribution in [0.5, 0.6) is 0 Å². The van der Waals surface area contributed by atoms with Crippen LogP contribution in [-0.4, -0.2) is 11.6 Å². The van der Waals surface area contributed by atoms with Gasteiger partial charge in [0.2, 0.25) is 0 Å². The van der Waals surface area contributed by atoms with Gasteiger partial charge in [0.05, 0.1) is 0 Å². The lowest BCUT2D eigenvalue weighted by atomic mass is 9.91. The first-order valence-corrected chi connectivity index (χ1v) is 7.84. The maximum atomic E-state index is 6.03. The summed E-state index contributed by atoms with van der Waals surface area (Å²) in [5.41, 5.74) is 5.97. The molecule has 0 radical (unpaired) electrons. The van der Waals surface area contributed by atoms with Crippen molar-refractivity contribution in [1.29, 1.82) is 0 Å². The number of nitrogens with zero attached hydrogens (tertiary/aromatic N) is 1. The van der Waals surface area contributed by atoms with Crippen molar-refractivity contribution in [2.45, 2.75) is 64.2 Å². The van der Waals surface area contributed by atoms with Crippen LogP contribution in [0.1, 0.15) is 58.1 Å². The highest BCUT2D eigenvalue weighted by atomic mass is 16.6. The number of ether oxygens (including phenoxy) is 1. The number of benzene rings is 1. The van der Waals surface area contributed by atoms with E-state index in [9.17, 15) is 0 Å². The summed E-state index contributed by atoms with van der Waals surface area (Å²) in [5, 5.41) is 0. The average Bonchev–Trinajstić information content (AvgIpc) is 3.18. The van der Waals surface area contributed by atoms with E-state index in [2.05, 4.69) is 49.9 Å². The molecule has 106 valence electrons. The second kappa shape index (κ2) is 4.11. The van der Waals surface area contributed by atoms with Gasteiger partial charge in [0.15, 0.2) is 0 Å². The number of fused-ring (bicyclic) bond motifs is 4. The molecule has 0 spiro atoms. The van der Waals surface area contributed by atoms with Gasteiger partial charge in [-0.15, -0.1) is 0 Å². The van der Waals surface area contributed by atoms with Crippen LogP contribution in [0.4, 0.5) is 5.69 Å². The predicted octanol–water partition coefficient (Wildman–Crippen LogP) is 4.57. The highest BCUT2D eigenvalue weighted by Gasteiger charge is 2.49. The molecule has 2 atom stereocenters. The lowest BCUT2D eigenvalue weighted by molar-refractivity contribution is 0.376. The number of hydrogen-bond acceptors (Lipinski definition) is 2. The summed E-state index contributed by atoms with van der Waals surface area (Å²) in [5.74, 6) is 0. The van der Waals surface area contributed by atoms with Crippen LogP contribution in [0, 0.1) is 0 Å². The Hall–Kier alpha value is -1.28. The summed E-state index contributed by atoms with van der Waals surface area (Å²) >= 11 is 0. The Kier molecular flexibility index (Phi) is 2.56. The fourth-order valence-electron chi connectivity index (χ4n) is 3.93. The first-order chi connectivity index (χ1) is 9.57. The molecule has 1 aromatic rings. The van der Waals surface area contributed by atoms with E-state index in [0.717, 1.165) is 0 Å². The van der Waals surface area contributed by atoms with Crippen molar-refractivity contribution < 1.29 is 4.74 Å². The van der Waals surface area contributed by atoms with E-state index in [-0.39, 0.29) is 5.54 Å². The number of hydrogen-bond donors (Lipinski definition) is 0. The van der Waals surface area contributed by atoms with Gasteiger partial charge in [0, 0.05) is 22.5 Å². The van der Waals surface area contributed by atoms with Crippen LogP contribution in [0.15, 0.2) is 35.5 Å². The van der Waals surface area contributed by atoms with Gasteiger partial charge >= 0.3 is 0 Å². The summed E-state index contributed by atoms with van der Waals surface area (Å²) < 4.78 is 6.03. The third-order valence-corrected chi connectivity index (χ3v) is 4.74. The maximum absolute atomic E-state index is 6.03. The molecule has 1 aromatic carbocycles. The van der Waals surface area contributed by atoms with E-state index in [1.54, 1.807) is 11.3 Å². The summed E-state index contributed by atoms with van der Waals surface area (Å²) in [6.45, 7) is 6.96. The molecule has 1 fully saturated rings. The molecule has 0 saturated carbocycles. The zero-order valence-electron chi connectivity index (χ0n) is 12.6. The van der Waals surface area contributed by atoms with Crippen molar-refractivity contribution in [2.24, 2.45) is 0 Å². The number of anilines is 1. The minimum atomic E-state index is 0.116. The fourth-order valence-corrected chi connectivity index (χ4v) is 3.93.